The summed E-state index contributed by atoms with van der Waals surface area (Å²) in [6.45, 7) is 10.0. The van der Waals surface area contributed by atoms with Crippen LogP contribution in [-0.4, -0.2) is 32.3 Å². The maximum Gasteiger partial charge on any atom is 0.0616 e. The second-order valence-corrected chi connectivity index (χ2v) is 7.81. The molecule has 0 aliphatic carbocycles. The van der Waals surface area contributed by atoms with E-state index in [9.17, 15) is 0 Å². The Morgan fingerprint density at radius 1 is 1.00 bits per heavy atom. The van der Waals surface area contributed by atoms with Crippen molar-refractivity contribution in [2.45, 2.75) is 65.3 Å². The molecule has 0 bridgehead atoms. The molecular weight excluding hydrogens is 284 g/mol. The summed E-state index contributed by atoms with van der Waals surface area (Å²) < 4.78 is 6.29. The molecule has 2 atom stereocenters. The van der Waals surface area contributed by atoms with Crippen molar-refractivity contribution in [3.8, 4) is 0 Å². The number of ether oxygens (including phenoxy) is 1. The van der Waals surface area contributed by atoms with Gasteiger partial charge in [-0.15, -0.1) is 0 Å². The highest BCUT2D eigenvalue weighted by Crippen LogP contribution is 2.28. The van der Waals surface area contributed by atoms with Gasteiger partial charge in [-0.25, -0.2) is 0 Å². The van der Waals surface area contributed by atoms with Gasteiger partial charge in [-0.3, -0.25) is 0 Å². The van der Waals surface area contributed by atoms with Crippen molar-refractivity contribution in [1.82, 2.24) is 5.32 Å². The fourth-order valence-electron chi connectivity index (χ4n) is 3.19. The lowest BCUT2D eigenvalue weighted by Crippen LogP contribution is -2.46. The van der Waals surface area contributed by atoms with E-state index >= 15 is 0 Å². The summed E-state index contributed by atoms with van der Waals surface area (Å²) in [7, 11) is 4.15. The molecule has 23 heavy (non-hydrogen) atoms. The van der Waals surface area contributed by atoms with E-state index in [1.807, 2.05) is 0 Å². The average molecular weight is 319 g/mol. The summed E-state index contributed by atoms with van der Waals surface area (Å²) >= 11 is 0. The second-order valence-electron chi connectivity index (χ2n) is 7.81. The van der Waals surface area contributed by atoms with Gasteiger partial charge in [0.2, 0.25) is 0 Å². The molecule has 1 aliphatic rings. The summed E-state index contributed by atoms with van der Waals surface area (Å²) in [6, 6.07) is 9.38. The van der Waals surface area contributed by atoms with Crippen molar-refractivity contribution < 1.29 is 4.74 Å². The quantitative estimate of drug-likeness (QED) is 0.855. The van der Waals surface area contributed by atoms with Crippen molar-refractivity contribution in [1.29, 1.82) is 0 Å². The van der Waals surface area contributed by atoms with Crippen LogP contribution in [0, 0.1) is 11.8 Å². The fraction of sp³-hybridized carbons (Fsp3) is 0.700. The summed E-state index contributed by atoms with van der Waals surface area (Å²) in [4.78, 5) is 2.14. The molecule has 1 N–H and O–H groups in total. The Morgan fingerprint density at radius 3 is 1.96 bits per heavy atom. The molecule has 0 spiro atoms. The molecule has 3 nitrogen and oxygen atoms in total. The van der Waals surface area contributed by atoms with Crippen LogP contribution in [0.1, 0.15) is 46.1 Å². The molecule has 0 aromatic heterocycles. The monoisotopic (exact) mass is 318 g/mol. The Labute approximate surface area is 142 Å². The minimum absolute atomic E-state index is 0.379. The molecular formula is C20H34N2O. The number of hydrogen-bond donors (Lipinski definition) is 1. The normalized spacial score (nSPS) is 25.1. The van der Waals surface area contributed by atoms with Crippen LogP contribution in [0.4, 0.5) is 5.69 Å². The molecule has 130 valence electrons. The van der Waals surface area contributed by atoms with E-state index in [0.29, 0.717) is 30.1 Å². The van der Waals surface area contributed by atoms with Gasteiger partial charge >= 0.3 is 0 Å². The van der Waals surface area contributed by atoms with Crippen molar-refractivity contribution in [2.24, 2.45) is 11.8 Å². The van der Waals surface area contributed by atoms with E-state index in [0.717, 1.165) is 19.4 Å². The highest BCUT2D eigenvalue weighted by atomic mass is 16.5. The van der Waals surface area contributed by atoms with Crippen LogP contribution in [-0.2, 0) is 11.3 Å². The third-order valence-electron chi connectivity index (χ3n) is 4.92. The van der Waals surface area contributed by atoms with E-state index in [4.69, 9.17) is 4.74 Å². The standard InChI is InChI=1S/C20H34N2O/c1-14(2)19-11-17(12-20(23-19)15(3)4)21-13-16-7-9-18(10-8-16)22(5)6/h7-10,14-15,17,19-21H,11-13H2,1-6H3/t19-,20-/m0/s1. The number of benzene rings is 1. The first-order valence-electron chi connectivity index (χ1n) is 9.02. The molecule has 0 radical (unpaired) electrons. The SMILES string of the molecule is CC(C)[C@@H]1CC(NCc2ccc(N(C)C)cc2)C[C@@H](C(C)C)O1. The highest BCUT2D eigenvalue weighted by Gasteiger charge is 2.32. The van der Waals surface area contributed by atoms with Crippen LogP contribution < -0.4 is 10.2 Å². The number of hydrogen-bond acceptors (Lipinski definition) is 3. The van der Waals surface area contributed by atoms with Gasteiger partial charge in [0, 0.05) is 32.4 Å². The molecule has 3 heteroatoms. The molecule has 0 unspecified atom stereocenters. The molecule has 0 amide bonds. The third-order valence-corrected chi connectivity index (χ3v) is 4.92. The van der Waals surface area contributed by atoms with Crippen molar-refractivity contribution >= 4 is 5.69 Å². The fourth-order valence-corrected chi connectivity index (χ4v) is 3.19. The van der Waals surface area contributed by atoms with Gasteiger partial charge in [-0.1, -0.05) is 39.8 Å². The van der Waals surface area contributed by atoms with E-state index in [1.54, 1.807) is 0 Å². The van der Waals surface area contributed by atoms with E-state index in [2.05, 4.69) is 76.3 Å². The average Bonchev–Trinajstić information content (AvgIpc) is 2.52. The minimum atomic E-state index is 0.379. The molecule has 1 aromatic carbocycles. The zero-order valence-corrected chi connectivity index (χ0v) is 15.7. The first kappa shape index (κ1) is 18.3. The number of anilines is 1. The molecule has 1 aliphatic heterocycles. The van der Waals surface area contributed by atoms with Gasteiger partial charge < -0.3 is 15.0 Å². The van der Waals surface area contributed by atoms with Crippen molar-refractivity contribution in [3.63, 3.8) is 0 Å². The topological polar surface area (TPSA) is 24.5 Å². The lowest BCUT2D eigenvalue weighted by molar-refractivity contribution is -0.0995. The van der Waals surface area contributed by atoms with Gasteiger partial charge in [0.05, 0.1) is 12.2 Å². The lowest BCUT2D eigenvalue weighted by Gasteiger charge is -2.39. The van der Waals surface area contributed by atoms with Crippen LogP contribution in [0.2, 0.25) is 0 Å². The van der Waals surface area contributed by atoms with Crippen LogP contribution in [0.25, 0.3) is 0 Å². The minimum Gasteiger partial charge on any atom is -0.378 e. The van der Waals surface area contributed by atoms with Crippen LogP contribution >= 0.6 is 0 Å². The Morgan fingerprint density at radius 2 is 1.52 bits per heavy atom. The van der Waals surface area contributed by atoms with Gasteiger partial charge in [-0.05, 0) is 42.4 Å². The van der Waals surface area contributed by atoms with E-state index < -0.39 is 0 Å². The van der Waals surface area contributed by atoms with Gasteiger partial charge in [0.25, 0.3) is 0 Å². The Kier molecular flexibility index (Phi) is 6.49. The molecule has 1 fully saturated rings. The summed E-state index contributed by atoms with van der Waals surface area (Å²) in [5.41, 5.74) is 2.60. The second kappa shape index (κ2) is 8.16. The molecule has 1 saturated heterocycles. The number of rotatable bonds is 6. The van der Waals surface area contributed by atoms with E-state index in [1.165, 1.54) is 11.3 Å². The van der Waals surface area contributed by atoms with Crippen LogP contribution in [0.5, 0.6) is 0 Å². The summed E-state index contributed by atoms with van der Waals surface area (Å²) in [6.07, 6.45) is 3.00. The number of nitrogens with one attached hydrogen (secondary N) is 1. The lowest BCUT2D eigenvalue weighted by atomic mass is 9.88. The smallest absolute Gasteiger partial charge is 0.0616 e. The number of nitrogens with zero attached hydrogens (tertiary/aromatic N) is 1. The van der Waals surface area contributed by atoms with Gasteiger partial charge in [-0.2, -0.15) is 0 Å². The Bertz CT molecular complexity index is 451. The maximum atomic E-state index is 6.29. The van der Waals surface area contributed by atoms with Crippen molar-refractivity contribution in [2.75, 3.05) is 19.0 Å². The maximum absolute atomic E-state index is 6.29. The molecule has 0 saturated carbocycles. The first-order valence-corrected chi connectivity index (χ1v) is 9.02. The predicted octanol–water partition coefficient (Wildman–Crippen LogP) is 4.07. The van der Waals surface area contributed by atoms with Gasteiger partial charge in [0.15, 0.2) is 0 Å². The largest absolute Gasteiger partial charge is 0.378 e. The van der Waals surface area contributed by atoms with Crippen LogP contribution in [0.15, 0.2) is 24.3 Å². The highest BCUT2D eigenvalue weighted by molar-refractivity contribution is 5.45. The third kappa shape index (κ3) is 5.22. The Balaban J connectivity index is 1.92. The van der Waals surface area contributed by atoms with Crippen LogP contribution in [0.3, 0.4) is 0 Å². The van der Waals surface area contributed by atoms with E-state index in [-0.39, 0.29) is 0 Å². The summed E-state index contributed by atoms with van der Waals surface area (Å²) in [5.74, 6) is 1.17. The Hall–Kier alpha value is -1.06. The molecule has 2 rings (SSSR count). The summed E-state index contributed by atoms with van der Waals surface area (Å²) in [5, 5.41) is 3.76. The molecule has 1 heterocycles. The molecule has 1 aromatic rings. The first-order chi connectivity index (χ1) is 10.9. The predicted molar refractivity (Wildman–Crippen MR) is 99.0 cm³/mol. The zero-order chi connectivity index (χ0) is 17.0. The van der Waals surface area contributed by atoms with Gasteiger partial charge in [0.1, 0.15) is 0 Å². The van der Waals surface area contributed by atoms with Crippen molar-refractivity contribution in [3.05, 3.63) is 29.8 Å². The zero-order valence-electron chi connectivity index (χ0n) is 15.7.